The van der Waals surface area contributed by atoms with Crippen molar-refractivity contribution < 1.29 is 9.90 Å². The van der Waals surface area contributed by atoms with Crippen molar-refractivity contribution in [1.82, 2.24) is 4.90 Å². The van der Waals surface area contributed by atoms with Crippen LogP contribution in [0.2, 0.25) is 0 Å². The van der Waals surface area contributed by atoms with Crippen LogP contribution in [0.4, 0.5) is 0 Å². The lowest BCUT2D eigenvalue weighted by Crippen LogP contribution is -2.37. The maximum absolute atomic E-state index is 10.1. The molecule has 1 N–H and O–H groups in total. The fourth-order valence-corrected chi connectivity index (χ4v) is 1.17. The molecule has 0 fully saturated rings. The second kappa shape index (κ2) is 5.60. The molecule has 0 saturated carbocycles. The Hall–Kier alpha value is -1.01. The van der Waals surface area contributed by atoms with Gasteiger partial charge < -0.3 is 5.11 Å². The first kappa shape index (κ1) is 12.0. The molecule has 0 atom stereocenters. The van der Waals surface area contributed by atoms with Crippen LogP contribution < -0.4 is 0 Å². The minimum atomic E-state index is -1.06. The summed E-state index contributed by atoms with van der Waals surface area (Å²) in [6.07, 6.45) is 0. The van der Waals surface area contributed by atoms with Gasteiger partial charge >= 0.3 is 5.97 Å². The van der Waals surface area contributed by atoms with Crippen LogP contribution >= 0.6 is 0 Å². The maximum Gasteiger partial charge on any atom is 0.381 e. The maximum atomic E-state index is 10.1. The zero-order chi connectivity index (χ0) is 10.4. The van der Waals surface area contributed by atoms with E-state index in [0.717, 1.165) is 0 Å². The van der Waals surface area contributed by atoms with Crippen molar-refractivity contribution in [3.8, 4) is 11.8 Å². The molecule has 0 aromatic carbocycles. The van der Waals surface area contributed by atoms with Crippen LogP contribution in [0, 0.1) is 11.8 Å². The van der Waals surface area contributed by atoms with Gasteiger partial charge in [0, 0.05) is 18.0 Å². The molecule has 74 valence electrons. The summed E-state index contributed by atoms with van der Waals surface area (Å²) in [5.74, 6) is 3.67. The van der Waals surface area contributed by atoms with Gasteiger partial charge in [0.25, 0.3) is 0 Å². The van der Waals surface area contributed by atoms with E-state index in [1.54, 1.807) is 0 Å². The van der Waals surface area contributed by atoms with E-state index in [-0.39, 0.29) is 0 Å². The molecule has 0 aromatic heterocycles. The average molecular weight is 183 g/mol. The van der Waals surface area contributed by atoms with Gasteiger partial charge in [-0.25, -0.2) is 4.79 Å². The van der Waals surface area contributed by atoms with Crippen molar-refractivity contribution in [2.24, 2.45) is 0 Å². The van der Waals surface area contributed by atoms with E-state index in [2.05, 4.69) is 44.4 Å². The fourth-order valence-electron chi connectivity index (χ4n) is 1.17. The third-order valence-corrected chi connectivity index (χ3v) is 1.78. The van der Waals surface area contributed by atoms with Gasteiger partial charge in [-0.1, -0.05) is 5.92 Å². The minimum absolute atomic E-state index is 0.392. The number of carboxylic acid groups (broad SMARTS) is 1. The van der Waals surface area contributed by atoms with Gasteiger partial charge in [-0.2, -0.15) is 0 Å². The second-order valence-electron chi connectivity index (χ2n) is 3.47. The van der Waals surface area contributed by atoms with Gasteiger partial charge in [0.2, 0.25) is 0 Å². The standard InChI is InChI=1S/C10H17NO2/c1-8(2)11(9(3)4)7-5-6-10(12)13/h8-9H,7H2,1-4H3,(H,12,13). The number of aliphatic carboxylic acids is 1. The molecule has 0 spiro atoms. The highest BCUT2D eigenvalue weighted by molar-refractivity contribution is 5.86. The zero-order valence-corrected chi connectivity index (χ0v) is 8.66. The second-order valence-corrected chi connectivity index (χ2v) is 3.47. The van der Waals surface area contributed by atoms with Gasteiger partial charge in [0.15, 0.2) is 0 Å². The summed E-state index contributed by atoms with van der Waals surface area (Å²) in [6, 6.07) is 0.784. The first-order valence-electron chi connectivity index (χ1n) is 4.42. The van der Waals surface area contributed by atoms with Gasteiger partial charge in [0.05, 0.1) is 6.54 Å². The number of carbonyl (C=O) groups is 1. The number of rotatable bonds is 3. The van der Waals surface area contributed by atoms with Crippen molar-refractivity contribution in [2.45, 2.75) is 39.8 Å². The lowest BCUT2D eigenvalue weighted by Gasteiger charge is -2.28. The van der Waals surface area contributed by atoms with Gasteiger partial charge in [0.1, 0.15) is 0 Å². The Morgan fingerprint density at radius 3 is 2.08 bits per heavy atom. The van der Waals surface area contributed by atoms with E-state index >= 15 is 0 Å². The van der Waals surface area contributed by atoms with Crippen LogP contribution in [0.25, 0.3) is 0 Å². The van der Waals surface area contributed by atoms with Gasteiger partial charge in [-0.3, -0.25) is 4.90 Å². The SMILES string of the molecule is CC(C)N(CC#CC(=O)O)C(C)C. The molecule has 0 aromatic rings. The monoisotopic (exact) mass is 183 g/mol. The fraction of sp³-hybridized carbons (Fsp3) is 0.700. The van der Waals surface area contributed by atoms with Crippen LogP contribution in [0.3, 0.4) is 0 Å². The Kier molecular flexibility index (Phi) is 5.17. The molecule has 3 heteroatoms. The quantitative estimate of drug-likeness (QED) is 0.668. The van der Waals surface area contributed by atoms with Crippen molar-refractivity contribution >= 4 is 5.97 Å². The highest BCUT2D eigenvalue weighted by atomic mass is 16.4. The molecular weight excluding hydrogens is 166 g/mol. The van der Waals surface area contributed by atoms with E-state index in [1.165, 1.54) is 0 Å². The van der Waals surface area contributed by atoms with Crippen molar-refractivity contribution in [1.29, 1.82) is 0 Å². The topological polar surface area (TPSA) is 40.5 Å². The van der Waals surface area contributed by atoms with Crippen LogP contribution in [0.1, 0.15) is 27.7 Å². The number of hydrogen-bond acceptors (Lipinski definition) is 2. The van der Waals surface area contributed by atoms with Crippen LogP contribution in [-0.2, 0) is 4.79 Å². The third-order valence-electron chi connectivity index (χ3n) is 1.78. The van der Waals surface area contributed by atoms with E-state index in [1.807, 2.05) is 0 Å². The van der Waals surface area contributed by atoms with Crippen molar-refractivity contribution in [3.05, 3.63) is 0 Å². The van der Waals surface area contributed by atoms with E-state index in [9.17, 15) is 4.79 Å². The Morgan fingerprint density at radius 1 is 1.31 bits per heavy atom. The number of carboxylic acids is 1. The molecule has 13 heavy (non-hydrogen) atoms. The molecule has 0 rings (SSSR count). The smallest absolute Gasteiger partial charge is 0.381 e. The average Bonchev–Trinajstić information content (AvgIpc) is 1.95. The van der Waals surface area contributed by atoms with E-state index < -0.39 is 5.97 Å². The molecule has 0 saturated heterocycles. The summed E-state index contributed by atoms with van der Waals surface area (Å²) < 4.78 is 0. The predicted molar refractivity (Wildman–Crippen MR) is 52.4 cm³/mol. The van der Waals surface area contributed by atoms with Crippen molar-refractivity contribution in [2.75, 3.05) is 6.54 Å². The normalized spacial score (nSPS) is 10.4. The van der Waals surface area contributed by atoms with Crippen LogP contribution in [-0.4, -0.2) is 34.6 Å². The predicted octanol–water partition coefficient (Wildman–Crippen LogP) is 1.19. The van der Waals surface area contributed by atoms with E-state index in [4.69, 9.17) is 5.11 Å². The number of hydrogen-bond donors (Lipinski definition) is 1. The Balaban J connectivity index is 4.15. The number of nitrogens with zero attached hydrogens (tertiary/aromatic N) is 1. The molecule has 0 amide bonds. The Morgan fingerprint density at radius 2 is 1.77 bits per heavy atom. The first-order valence-corrected chi connectivity index (χ1v) is 4.42. The molecule has 0 bridgehead atoms. The highest BCUT2D eigenvalue weighted by Crippen LogP contribution is 2.02. The lowest BCUT2D eigenvalue weighted by atomic mass is 10.2. The van der Waals surface area contributed by atoms with Gasteiger partial charge in [-0.05, 0) is 27.7 Å². The molecule has 3 nitrogen and oxygen atoms in total. The Labute approximate surface area is 79.7 Å². The van der Waals surface area contributed by atoms with Crippen molar-refractivity contribution in [3.63, 3.8) is 0 Å². The van der Waals surface area contributed by atoms with E-state index in [0.29, 0.717) is 18.6 Å². The summed E-state index contributed by atoms with van der Waals surface area (Å²) in [5, 5.41) is 8.31. The Bertz CT molecular complexity index is 215. The zero-order valence-electron chi connectivity index (χ0n) is 8.66. The summed E-state index contributed by atoms with van der Waals surface area (Å²) in [4.78, 5) is 12.3. The highest BCUT2D eigenvalue weighted by Gasteiger charge is 2.10. The minimum Gasteiger partial charge on any atom is -0.472 e. The molecule has 0 radical (unpaired) electrons. The molecule has 0 aliphatic carbocycles. The molecule has 0 unspecified atom stereocenters. The molecule has 0 aliphatic rings. The first-order chi connectivity index (χ1) is 5.95. The summed E-state index contributed by atoms with van der Waals surface area (Å²) in [6.45, 7) is 8.80. The van der Waals surface area contributed by atoms with Crippen LogP contribution in [0.5, 0.6) is 0 Å². The largest absolute Gasteiger partial charge is 0.472 e. The van der Waals surface area contributed by atoms with Crippen LogP contribution in [0.15, 0.2) is 0 Å². The summed E-state index contributed by atoms with van der Waals surface area (Å²) in [5.41, 5.74) is 0. The summed E-state index contributed by atoms with van der Waals surface area (Å²) >= 11 is 0. The molecular formula is C10H17NO2. The lowest BCUT2D eigenvalue weighted by molar-refractivity contribution is -0.130. The molecule has 0 aliphatic heterocycles. The summed E-state index contributed by atoms with van der Waals surface area (Å²) in [7, 11) is 0. The van der Waals surface area contributed by atoms with Gasteiger partial charge in [-0.15, -0.1) is 0 Å². The third kappa shape index (κ3) is 5.26. The molecule has 0 heterocycles.